The molecular weight excluding hydrogens is 709 g/mol. The minimum absolute atomic E-state index is 0.553. The molecule has 0 saturated heterocycles. The molecule has 5 nitrogen and oxygen atoms in total. The second kappa shape index (κ2) is 12.8. The molecule has 0 fully saturated rings. The Balaban J connectivity index is 1.18. The standard InChI is InChI=1S/C53H32N4O/c1-3-15-33(16-4-1)37-23-13-25-41-46(57-45-27-11-9-21-38(45)44-31-35-19-7-8-20-36(35)32-47(44)57)30-29-42(49(37)41)52-54-51(34-17-5-2-6-18-34)55-53(56-52)43-26-14-24-40-39-22-10-12-28-48(39)58-50(40)43/h1-32H. The first-order valence-electron chi connectivity index (χ1n) is 19.5. The molecule has 9 aromatic carbocycles. The summed E-state index contributed by atoms with van der Waals surface area (Å²) in [6.45, 7) is 0. The molecule has 0 bridgehead atoms. The fourth-order valence-electron chi connectivity index (χ4n) is 8.80. The van der Waals surface area contributed by atoms with Crippen LogP contribution < -0.4 is 0 Å². The Bertz CT molecular complexity index is 3570. The highest BCUT2D eigenvalue weighted by molar-refractivity contribution is 6.16. The molecule has 5 heteroatoms. The van der Waals surface area contributed by atoms with Gasteiger partial charge in [0.2, 0.25) is 0 Å². The van der Waals surface area contributed by atoms with Crippen molar-refractivity contribution in [3.05, 3.63) is 194 Å². The highest BCUT2D eigenvalue weighted by atomic mass is 16.3. The molecule has 0 spiro atoms. The topological polar surface area (TPSA) is 56.7 Å². The van der Waals surface area contributed by atoms with E-state index in [1.165, 1.54) is 21.5 Å². The molecule has 0 amide bonds. The Morgan fingerprint density at radius 3 is 1.78 bits per heavy atom. The van der Waals surface area contributed by atoms with E-state index < -0.39 is 0 Å². The van der Waals surface area contributed by atoms with Crippen molar-refractivity contribution >= 4 is 65.3 Å². The first-order valence-corrected chi connectivity index (χ1v) is 19.5. The fraction of sp³-hybridized carbons (Fsp3) is 0. The van der Waals surface area contributed by atoms with Gasteiger partial charge in [-0.2, -0.15) is 0 Å². The van der Waals surface area contributed by atoms with Gasteiger partial charge in [0.25, 0.3) is 0 Å². The van der Waals surface area contributed by atoms with Crippen molar-refractivity contribution in [1.29, 1.82) is 0 Å². The molecule has 3 aromatic heterocycles. The lowest BCUT2D eigenvalue weighted by molar-refractivity contribution is 0.669. The molecule has 270 valence electrons. The SMILES string of the molecule is c1ccc(-c2nc(-c3cccc4c3oc3ccccc34)nc(-c3ccc(-n4c5ccccc5c5cc6ccccc6cc54)c4cccc(-c5ccccc5)c34)n2)cc1. The van der Waals surface area contributed by atoms with Gasteiger partial charge in [-0.3, -0.25) is 0 Å². The van der Waals surface area contributed by atoms with E-state index >= 15 is 0 Å². The first-order chi connectivity index (χ1) is 28.8. The maximum absolute atomic E-state index is 6.53. The Hall–Kier alpha value is -7.89. The normalized spacial score (nSPS) is 11.8. The quantitative estimate of drug-likeness (QED) is 0.176. The molecule has 0 N–H and O–H groups in total. The minimum Gasteiger partial charge on any atom is -0.455 e. The summed E-state index contributed by atoms with van der Waals surface area (Å²) in [4.78, 5) is 15.8. The molecule has 0 saturated carbocycles. The van der Waals surface area contributed by atoms with E-state index in [4.69, 9.17) is 19.4 Å². The summed E-state index contributed by atoms with van der Waals surface area (Å²) in [5.74, 6) is 1.74. The van der Waals surface area contributed by atoms with Gasteiger partial charge in [0, 0.05) is 43.4 Å². The van der Waals surface area contributed by atoms with Crippen LogP contribution in [0.2, 0.25) is 0 Å². The van der Waals surface area contributed by atoms with Gasteiger partial charge in [-0.25, -0.2) is 15.0 Å². The van der Waals surface area contributed by atoms with Gasteiger partial charge < -0.3 is 8.98 Å². The summed E-state index contributed by atoms with van der Waals surface area (Å²) in [7, 11) is 0. The molecule has 12 rings (SSSR count). The zero-order valence-corrected chi connectivity index (χ0v) is 31.2. The van der Waals surface area contributed by atoms with E-state index in [0.717, 1.165) is 77.2 Å². The second-order valence-corrected chi connectivity index (χ2v) is 14.7. The van der Waals surface area contributed by atoms with Crippen molar-refractivity contribution < 1.29 is 4.42 Å². The van der Waals surface area contributed by atoms with Crippen molar-refractivity contribution in [3.63, 3.8) is 0 Å². The van der Waals surface area contributed by atoms with Crippen LogP contribution in [0.25, 0.3) is 116 Å². The van der Waals surface area contributed by atoms with Crippen LogP contribution >= 0.6 is 0 Å². The van der Waals surface area contributed by atoms with Crippen LogP contribution in [0.3, 0.4) is 0 Å². The summed E-state index contributed by atoms with van der Waals surface area (Å²) in [5.41, 5.74) is 9.84. The molecule has 3 heterocycles. The van der Waals surface area contributed by atoms with Crippen LogP contribution in [0.5, 0.6) is 0 Å². The summed E-state index contributed by atoms with van der Waals surface area (Å²) >= 11 is 0. The second-order valence-electron chi connectivity index (χ2n) is 14.7. The van der Waals surface area contributed by atoms with Gasteiger partial charge in [-0.1, -0.05) is 152 Å². The van der Waals surface area contributed by atoms with Crippen molar-refractivity contribution in [2.75, 3.05) is 0 Å². The number of aromatic nitrogens is 4. The molecule has 0 radical (unpaired) electrons. The van der Waals surface area contributed by atoms with E-state index in [1.54, 1.807) is 0 Å². The first kappa shape index (κ1) is 32.4. The number of rotatable bonds is 5. The molecule has 0 unspecified atom stereocenters. The lowest BCUT2D eigenvalue weighted by Crippen LogP contribution is -2.02. The smallest absolute Gasteiger partial charge is 0.167 e. The number of hydrogen-bond acceptors (Lipinski definition) is 4. The maximum atomic E-state index is 6.53. The van der Waals surface area contributed by atoms with E-state index in [0.29, 0.717) is 17.5 Å². The van der Waals surface area contributed by atoms with Crippen LogP contribution in [-0.2, 0) is 0 Å². The Kier molecular flexibility index (Phi) is 7.16. The molecular formula is C53H32N4O. The van der Waals surface area contributed by atoms with E-state index in [1.807, 2.05) is 54.6 Å². The van der Waals surface area contributed by atoms with Crippen molar-refractivity contribution in [1.82, 2.24) is 19.5 Å². The van der Waals surface area contributed by atoms with Crippen LogP contribution in [-0.4, -0.2) is 19.5 Å². The summed E-state index contributed by atoms with van der Waals surface area (Å²) < 4.78 is 8.95. The number of nitrogens with zero attached hydrogens (tertiary/aromatic N) is 4. The van der Waals surface area contributed by atoms with Crippen LogP contribution in [0.4, 0.5) is 0 Å². The highest BCUT2D eigenvalue weighted by Crippen LogP contribution is 2.43. The molecule has 0 aliphatic heterocycles. The van der Waals surface area contributed by atoms with Crippen LogP contribution in [0.15, 0.2) is 199 Å². The molecule has 12 aromatic rings. The van der Waals surface area contributed by atoms with E-state index in [9.17, 15) is 0 Å². The Labute approximate surface area is 333 Å². The van der Waals surface area contributed by atoms with Gasteiger partial charge in [-0.05, 0) is 64.4 Å². The number of para-hydroxylation sites is 3. The number of hydrogen-bond donors (Lipinski definition) is 0. The largest absolute Gasteiger partial charge is 0.455 e. The Morgan fingerprint density at radius 2 is 0.966 bits per heavy atom. The number of fused-ring (bicyclic) bond motifs is 8. The van der Waals surface area contributed by atoms with E-state index in [-0.39, 0.29) is 0 Å². The number of furan rings is 1. The predicted octanol–water partition coefficient (Wildman–Crippen LogP) is 13.8. The molecule has 0 atom stereocenters. The molecule has 0 aliphatic carbocycles. The van der Waals surface area contributed by atoms with Crippen LogP contribution in [0, 0.1) is 0 Å². The minimum atomic E-state index is 0.553. The average molecular weight is 741 g/mol. The van der Waals surface area contributed by atoms with Crippen molar-refractivity contribution in [2.45, 2.75) is 0 Å². The maximum Gasteiger partial charge on any atom is 0.167 e. The van der Waals surface area contributed by atoms with E-state index in [2.05, 4.69) is 144 Å². The zero-order valence-electron chi connectivity index (χ0n) is 31.2. The van der Waals surface area contributed by atoms with Crippen molar-refractivity contribution in [3.8, 4) is 51.0 Å². The fourth-order valence-corrected chi connectivity index (χ4v) is 8.80. The monoisotopic (exact) mass is 740 g/mol. The van der Waals surface area contributed by atoms with Gasteiger partial charge >= 0.3 is 0 Å². The lowest BCUT2D eigenvalue weighted by Gasteiger charge is -2.18. The highest BCUT2D eigenvalue weighted by Gasteiger charge is 2.22. The average Bonchev–Trinajstić information content (AvgIpc) is 3.83. The van der Waals surface area contributed by atoms with Gasteiger partial charge in [0.05, 0.1) is 22.3 Å². The number of benzene rings is 9. The van der Waals surface area contributed by atoms with Gasteiger partial charge in [-0.15, -0.1) is 0 Å². The zero-order chi connectivity index (χ0) is 38.2. The van der Waals surface area contributed by atoms with Gasteiger partial charge in [0.15, 0.2) is 17.5 Å². The third kappa shape index (κ3) is 5.00. The summed E-state index contributed by atoms with van der Waals surface area (Å²) in [5, 5.41) is 9.11. The predicted molar refractivity (Wildman–Crippen MR) is 238 cm³/mol. The van der Waals surface area contributed by atoms with Gasteiger partial charge in [0.1, 0.15) is 11.2 Å². The molecule has 58 heavy (non-hydrogen) atoms. The summed E-state index contributed by atoms with van der Waals surface area (Å²) in [6.07, 6.45) is 0. The molecule has 0 aliphatic rings. The van der Waals surface area contributed by atoms with Crippen molar-refractivity contribution in [2.24, 2.45) is 0 Å². The third-order valence-electron chi connectivity index (χ3n) is 11.4. The summed E-state index contributed by atoms with van der Waals surface area (Å²) in [6, 6.07) is 68.1. The lowest BCUT2D eigenvalue weighted by atomic mass is 9.93. The van der Waals surface area contributed by atoms with Crippen LogP contribution in [0.1, 0.15) is 0 Å². The third-order valence-corrected chi connectivity index (χ3v) is 11.4. The Morgan fingerprint density at radius 1 is 0.362 bits per heavy atom.